The number of aromatic carboxylic acids is 1. The number of rotatable bonds is 4. The Morgan fingerprint density at radius 2 is 2.04 bits per heavy atom. The van der Waals surface area contributed by atoms with Crippen LogP contribution in [0.4, 0.5) is 5.69 Å². The molecule has 6 heteroatoms. The number of aryl methyl sites for hydroxylation is 1. The number of nitrogen functional groups attached to an aromatic ring is 1. The molecule has 1 aromatic heterocycles. The number of nitrogens with zero attached hydrogens (tertiary/aromatic N) is 1. The third-order valence-electron chi connectivity index (χ3n) is 4.75. The first-order chi connectivity index (χ1) is 11.5. The van der Waals surface area contributed by atoms with Crippen LogP contribution in [0.3, 0.4) is 0 Å². The number of ether oxygens (including phenoxy) is 1. The molecule has 0 amide bonds. The minimum atomic E-state index is -1.09. The van der Waals surface area contributed by atoms with Crippen molar-refractivity contribution in [2.24, 2.45) is 5.92 Å². The molecule has 1 aliphatic rings. The zero-order chi connectivity index (χ0) is 17.3. The van der Waals surface area contributed by atoms with Crippen LogP contribution in [-0.4, -0.2) is 33.9 Å². The summed E-state index contributed by atoms with van der Waals surface area (Å²) < 4.78 is 6.12. The third-order valence-corrected chi connectivity index (χ3v) is 4.75. The number of aromatic nitrogens is 1. The number of aliphatic hydroxyl groups excluding tert-OH is 1. The van der Waals surface area contributed by atoms with E-state index < -0.39 is 5.97 Å². The van der Waals surface area contributed by atoms with Crippen molar-refractivity contribution in [1.82, 2.24) is 4.98 Å². The zero-order valence-electron chi connectivity index (χ0n) is 13.7. The lowest BCUT2D eigenvalue weighted by atomic mass is 9.88. The summed E-state index contributed by atoms with van der Waals surface area (Å²) in [5.41, 5.74) is 7.40. The van der Waals surface area contributed by atoms with E-state index in [0.29, 0.717) is 28.3 Å². The number of benzene rings is 1. The zero-order valence-corrected chi connectivity index (χ0v) is 13.7. The Bertz CT molecular complexity index is 767. The Balaban J connectivity index is 1.97. The SMILES string of the molecule is Cc1nc2cccc(O[C@H]3CC[C@H](CO)CC3)c2c(N)c1C(=O)O. The van der Waals surface area contributed by atoms with Crippen molar-refractivity contribution in [3.8, 4) is 5.75 Å². The highest BCUT2D eigenvalue weighted by Crippen LogP contribution is 2.36. The quantitative estimate of drug-likeness (QED) is 0.796. The van der Waals surface area contributed by atoms with Gasteiger partial charge in [-0.1, -0.05) is 6.07 Å². The van der Waals surface area contributed by atoms with E-state index in [1.54, 1.807) is 19.1 Å². The summed E-state index contributed by atoms with van der Waals surface area (Å²) in [4.78, 5) is 15.8. The summed E-state index contributed by atoms with van der Waals surface area (Å²) in [5.74, 6) is -0.157. The van der Waals surface area contributed by atoms with Crippen LogP contribution in [0, 0.1) is 12.8 Å². The summed E-state index contributed by atoms with van der Waals surface area (Å²) in [7, 11) is 0. The fourth-order valence-corrected chi connectivity index (χ4v) is 3.42. The molecular weight excluding hydrogens is 308 g/mol. The van der Waals surface area contributed by atoms with Crippen molar-refractivity contribution in [3.63, 3.8) is 0 Å². The molecule has 6 nitrogen and oxygen atoms in total. The van der Waals surface area contributed by atoms with Crippen LogP contribution >= 0.6 is 0 Å². The van der Waals surface area contributed by atoms with Crippen LogP contribution in [0.5, 0.6) is 5.75 Å². The highest BCUT2D eigenvalue weighted by molar-refractivity contribution is 6.06. The number of hydrogen-bond acceptors (Lipinski definition) is 5. The van der Waals surface area contributed by atoms with Crippen LogP contribution in [0.2, 0.25) is 0 Å². The van der Waals surface area contributed by atoms with Gasteiger partial charge in [-0.2, -0.15) is 0 Å². The Morgan fingerprint density at radius 1 is 1.33 bits per heavy atom. The molecule has 0 aliphatic heterocycles. The smallest absolute Gasteiger partial charge is 0.339 e. The van der Waals surface area contributed by atoms with Gasteiger partial charge in [-0.05, 0) is 50.7 Å². The predicted octanol–water partition coefficient (Wildman–Crippen LogP) is 2.75. The summed E-state index contributed by atoms with van der Waals surface area (Å²) >= 11 is 0. The first-order valence-corrected chi connectivity index (χ1v) is 8.20. The molecule has 1 saturated carbocycles. The minimum absolute atomic E-state index is 0.0301. The van der Waals surface area contributed by atoms with Gasteiger partial charge in [0, 0.05) is 6.61 Å². The van der Waals surface area contributed by atoms with E-state index in [4.69, 9.17) is 10.5 Å². The van der Waals surface area contributed by atoms with Gasteiger partial charge in [0.25, 0.3) is 0 Å². The molecule has 1 fully saturated rings. The van der Waals surface area contributed by atoms with Crippen molar-refractivity contribution in [2.45, 2.75) is 38.7 Å². The van der Waals surface area contributed by atoms with E-state index in [2.05, 4.69) is 4.98 Å². The van der Waals surface area contributed by atoms with E-state index in [9.17, 15) is 15.0 Å². The van der Waals surface area contributed by atoms with E-state index in [1.807, 2.05) is 6.07 Å². The monoisotopic (exact) mass is 330 g/mol. The van der Waals surface area contributed by atoms with Gasteiger partial charge >= 0.3 is 5.97 Å². The molecule has 0 bridgehead atoms. The number of hydrogen-bond donors (Lipinski definition) is 3. The largest absolute Gasteiger partial charge is 0.490 e. The average molecular weight is 330 g/mol. The maximum Gasteiger partial charge on any atom is 0.339 e. The van der Waals surface area contributed by atoms with Gasteiger partial charge < -0.3 is 20.7 Å². The van der Waals surface area contributed by atoms with Crippen molar-refractivity contribution < 1.29 is 19.7 Å². The van der Waals surface area contributed by atoms with Crippen molar-refractivity contribution in [2.75, 3.05) is 12.3 Å². The third kappa shape index (κ3) is 3.01. The van der Waals surface area contributed by atoms with Crippen LogP contribution in [-0.2, 0) is 0 Å². The fraction of sp³-hybridized carbons (Fsp3) is 0.444. The van der Waals surface area contributed by atoms with E-state index in [1.165, 1.54) is 0 Å². The maximum absolute atomic E-state index is 11.5. The molecule has 1 aromatic carbocycles. The van der Waals surface area contributed by atoms with E-state index in [0.717, 1.165) is 25.7 Å². The maximum atomic E-state index is 11.5. The normalized spacial score (nSPS) is 20.9. The number of anilines is 1. The second-order valence-electron chi connectivity index (χ2n) is 6.38. The highest BCUT2D eigenvalue weighted by atomic mass is 16.5. The Labute approximate surface area is 140 Å². The molecule has 24 heavy (non-hydrogen) atoms. The number of carboxylic acids is 1. The standard InChI is InChI=1S/C18H22N2O4/c1-10-15(18(22)23)17(19)16-13(20-10)3-2-4-14(16)24-12-7-5-11(9-21)6-8-12/h2-4,11-12,21H,5-9H2,1H3,(H2,19,20)(H,22,23)/t11-,12-. The topological polar surface area (TPSA) is 106 Å². The van der Waals surface area contributed by atoms with Crippen LogP contribution < -0.4 is 10.5 Å². The van der Waals surface area contributed by atoms with Gasteiger partial charge in [0.15, 0.2) is 0 Å². The van der Waals surface area contributed by atoms with Crippen molar-refractivity contribution in [1.29, 1.82) is 0 Å². The van der Waals surface area contributed by atoms with Crippen LogP contribution in [0.15, 0.2) is 18.2 Å². The molecule has 0 unspecified atom stereocenters. The molecule has 0 spiro atoms. The van der Waals surface area contributed by atoms with E-state index in [-0.39, 0.29) is 24.0 Å². The molecule has 2 aromatic rings. The number of pyridine rings is 1. The second kappa shape index (κ2) is 6.65. The Morgan fingerprint density at radius 3 is 2.67 bits per heavy atom. The van der Waals surface area contributed by atoms with Gasteiger partial charge in [0.1, 0.15) is 11.3 Å². The molecule has 3 rings (SSSR count). The molecule has 128 valence electrons. The molecular formula is C18H22N2O4. The Hall–Kier alpha value is -2.34. The molecule has 4 N–H and O–H groups in total. The van der Waals surface area contributed by atoms with Gasteiger partial charge in [-0.15, -0.1) is 0 Å². The van der Waals surface area contributed by atoms with Gasteiger partial charge in [0.05, 0.1) is 28.4 Å². The number of fused-ring (bicyclic) bond motifs is 1. The summed E-state index contributed by atoms with van der Waals surface area (Å²) in [6.45, 7) is 1.86. The second-order valence-corrected chi connectivity index (χ2v) is 6.38. The van der Waals surface area contributed by atoms with Crippen LogP contribution in [0.25, 0.3) is 10.9 Å². The highest BCUT2D eigenvalue weighted by Gasteiger charge is 2.24. The first-order valence-electron chi connectivity index (χ1n) is 8.20. The number of carboxylic acid groups (broad SMARTS) is 1. The molecule has 0 atom stereocenters. The van der Waals surface area contributed by atoms with Crippen molar-refractivity contribution >= 4 is 22.6 Å². The van der Waals surface area contributed by atoms with E-state index >= 15 is 0 Å². The molecule has 0 radical (unpaired) electrons. The minimum Gasteiger partial charge on any atom is -0.490 e. The summed E-state index contributed by atoms with van der Waals surface area (Å²) in [6, 6.07) is 5.45. The predicted molar refractivity (Wildman–Crippen MR) is 91.3 cm³/mol. The average Bonchev–Trinajstić information content (AvgIpc) is 2.55. The van der Waals surface area contributed by atoms with Gasteiger partial charge in [-0.25, -0.2) is 4.79 Å². The Kier molecular flexibility index (Phi) is 4.57. The van der Waals surface area contributed by atoms with Gasteiger partial charge in [-0.3, -0.25) is 4.98 Å². The molecule has 0 saturated heterocycles. The van der Waals surface area contributed by atoms with Crippen LogP contribution in [0.1, 0.15) is 41.7 Å². The van der Waals surface area contributed by atoms with Gasteiger partial charge in [0.2, 0.25) is 0 Å². The number of aliphatic hydroxyl groups is 1. The lowest BCUT2D eigenvalue weighted by Crippen LogP contribution is -2.25. The lowest BCUT2D eigenvalue weighted by Gasteiger charge is -2.28. The summed E-state index contributed by atoms with van der Waals surface area (Å²) in [5, 5.41) is 19.2. The fourth-order valence-electron chi connectivity index (χ4n) is 3.42. The lowest BCUT2D eigenvalue weighted by molar-refractivity contribution is 0.0697. The number of nitrogens with two attached hydrogens (primary N) is 1. The first kappa shape index (κ1) is 16.5. The molecule has 1 heterocycles. The number of carbonyl (C=O) groups is 1. The summed E-state index contributed by atoms with van der Waals surface area (Å²) in [6.07, 6.45) is 3.64. The van der Waals surface area contributed by atoms with Crippen molar-refractivity contribution in [3.05, 3.63) is 29.5 Å². The molecule has 1 aliphatic carbocycles.